The zero-order valence-corrected chi connectivity index (χ0v) is 18.7. The Labute approximate surface area is 193 Å². The number of carbonyl (C=O) groups excluding carboxylic acids is 4. The van der Waals surface area contributed by atoms with Crippen LogP contribution in [0.15, 0.2) is 54.6 Å². The molecule has 1 saturated heterocycles. The van der Waals surface area contributed by atoms with E-state index in [0.29, 0.717) is 24.9 Å². The van der Waals surface area contributed by atoms with Crippen molar-refractivity contribution in [3.05, 3.63) is 65.7 Å². The molecule has 2 aliphatic rings. The molecule has 0 aromatic heterocycles. The van der Waals surface area contributed by atoms with Crippen molar-refractivity contribution in [3.8, 4) is 0 Å². The summed E-state index contributed by atoms with van der Waals surface area (Å²) < 4.78 is 5.16. The maximum atomic E-state index is 12.7. The van der Waals surface area contributed by atoms with Gasteiger partial charge in [-0.25, -0.2) is 4.79 Å². The molecule has 0 radical (unpaired) electrons. The number of nitrogens with one attached hydrogen (secondary N) is 1. The predicted octanol–water partition coefficient (Wildman–Crippen LogP) is 3.32. The molecular formula is C26H28N2O5. The number of anilines is 1. The number of fused-ring (bicyclic) bond motifs is 1. The lowest BCUT2D eigenvalue weighted by Gasteiger charge is -2.21. The molecule has 2 aromatic carbocycles. The Morgan fingerprint density at radius 3 is 2.24 bits per heavy atom. The molecule has 1 heterocycles. The van der Waals surface area contributed by atoms with E-state index in [1.165, 1.54) is 6.92 Å². The first-order valence-electron chi connectivity index (χ1n) is 11.4. The molecule has 3 amide bonds. The van der Waals surface area contributed by atoms with Crippen LogP contribution in [-0.2, 0) is 30.3 Å². The summed E-state index contributed by atoms with van der Waals surface area (Å²) in [5.41, 5.74) is 2.69. The highest BCUT2D eigenvalue weighted by molar-refractivity contribution is 6.08. The topological polar surface area (TPSA) is 92.8 Å². The molecule has 33 heavy (non-hydrogen) atoms. The van der Waals surface area contributed by atoms with Crippen molar-refractivity contribution in [1.82, 2.24) is 4.90 Å². The van der Waals surface area contributed by atoms with Gasteiger partial charge in [0, 0.05) is 5.69 Å². The minimum absolute atomic E-state index is 0.298. The van der Waals surface area contributed by atoms with Crippen LogP contribution in [0.5, 0.6) is 0 Å². The smallest absolute Gasteiger partial charge is 0.329 e. The summed E-state index contributed by atoms with van der Waals surface area (Å²) in [6, 6.07) is 16.3. The van der Waals surface area contributed by atoms with Gasteiger partial charge in [0.25, 0.3) is 5.91 Å². The van der Waals surface area contributed by atoms with Gasteiger partial charge in [0.1, 0.15) is 6.04 Å². The number of nitrogens with zero attached hydrogens (tertiary/aromatic N) is 1. The molecule has 1 aliphatic heterocycles. The van der Waals surface area contributed by atoms with E-state index in [4.69, 9.17) is 4.74 Å². The molecule has 1 N–H and O–H groups in total. The molecule has 1 aliphatic carbocycles. The van der Waals surface area contributed by atoms with E-state index < -0.39 is 24.5 Å². The molecule has 7 nitrogen and oxygen atoms in total. The number of amides is 3. The molecule has 1 saturated carbocycles. The molecule has 4 rings (SSSR count). The van der Waals surface area contributed by atoms with Crippen molar-refractivity contribution in [3.63, 3.8) is 0 Å². The van der Waals surface area contributed by atoms with Gasteiger partial charge in [-0.05, 0) is 43.4 Å². The van der Waals surface area contributed by atoms with Crippen LogP contribution in [0.2, 0.25) is 0 Å². The Hall–Kier alpha value is -3.48. The Morgan fingerprint density at radius 1 is 0.970 bits per heavy atom. The van der Waals surface area contributed by atoms with Gasteiger partial charge in [-0.15, -0.1) is 0 Å². The van der Waals surface area contributed by atoms with E-state index >= 15 is 0 Å². The van der Waals surface area contributed by atoms with E-state index in [-0.39, 0.29) is 23.7 Å². The zero-order valence-electron chi connectivity index (χ0n) is 18.7. The normalized spacial score (nSPS) is 20.8. The summed E-state index contributed by atoms with van der Waals surface area (Å²) in [5, 5.41) is 2.79. The standard InChI is InChI=1S/C26H28N2O5/c1-17(28-24(30)20-12-6-7-13-21(20)25(28)31)26(32)33-16-23(29)27-22-14-8-5-11-19(22)15-18-9-3-2-4-10-18/h2-5,8-11,14,17,20-21H,6-7,12-13,15-16H2,1H3,(H,27,29). The Kier molecular flexibility index (Phi) is 6.87. The monoisotopic (exact) mass is 448 g/mol. The highest BCUT2D eigenvalue weighted by atomic mass is 16.5. The van der Waals surface area contributed by atoms with Crippen LogP contribution in [0.3, 0.4) is 0 Å². The summed E-state index contributed by atoms with van der Waals surface area (Å²) in [4.78, 5) is 51.4. The van der Waals surface area contributed by atoms with Crippen molar-refractivity contribution in [2.45, 2.75) is 45.1 Å². The molecule has 2 fully saturated rings. The maximum Gasteiger partial charge on any atom is 0.329 e. The minimum Gasteiger partial charge on any atom is -0.454 e. The van der Waals surface area contributed by atoms with Crippen LogP contribution in [0, 0.1) is 11.8 Å². The third kappa shape index (κ3) is 4.97. The number of imide groups is 1. The summed E-state index contributed by atoms with van der Waals surface area (Å²) >= 11 is 0. The fourth-order valence-electron chi connectivity index (χ4n) is 4.73. The van der Waals surface area contributed by atoms with Gasteiger partial charge in [-0.1, -0.05) is 61.4 Å². The van der Waals surface area contributed by atoms with E-state index in [0.717, 1.165) is 28.9 Å². The van der Waals surface area contributed by atoms with Crippen LogP contribution >= 0.6 is 0 Å². The van der Waals surface area contributed by atoms with Crippen molar-refractivity contribution in [1.29, 1.82) is 0 Å². The molecule has 3 unspecified atom stereocenters. The second-order valence-corrected chi connectivity index (χ2v) is 8.70. The molecule has 7 heteroatoms. The molecule has 0 bridgehead atoms. The van der Waals surface area contributed by atoms with Gasteiger partial charge >= 0.3 is 5.97 Å². The third-order valence-electron chi connectivity index (χ3n) is 6.48. The number of para-hydroxylation sites is 1. The van der Waals surface area contributed by atoms with Gasteiger partial charge in [0.15, 0.2) is 6.61 Å². The first-order chi connectivity index (χ1) is 16.0. The second-order valence-electron chi connectivity index (χ2n) is 8.70. The highest BCUT2D eigenvalue weighted by Gasteiger charge is 2.51. The fraction of sp³-hybridized carbons (Fsp3) is 0.385. The number of carbonyl (C=O) groups is 4. The van der Waals surface area contributed by atoms with Crippen LogP contribution in [-0.4, -0.2) is 41.2 Å². The maximum absolute atomic E-state index is 12.7. The van der Waals surface area contributed by atoms with E-state index in [9.17, 15) is 19.2 Å². The summed E-state index contributed by atoms with van der Waals surface area (Å²) in [6.45, 7) is 0.981. The number of rotatable bonds is 7. The highest BCUT2D eigenvalue weighted by Crippen LogP contribution is 2.38. The summed E-state index contributed by atoms with van der Waals surface area (Å²) in [5.74, 6) is -2.49. The Bertz CT molecular complexity index is 1030. The quantitative estimate of drug-likeness (QED) is 0.518. The second kappa shape index (κ2) is 9.98. The van der Waals surface area contributed by atoms with E-state index in [1.807, 2.05) is 48.5 Å². The lowest BCUT2D eigenvalue weighted by molar-refractivity contribution is -0.159. The van der Waals surface area contributed by atoms with Crippen molar-refractivity contribution >= 4 is 29.4 Å². The first-order valence-corrected chi connectivity index (χ1v) is 11.4. The lowest BCUT2D eigenvalue weighted by atomic mass is 9.81. The number of likely N-dealkylation sites (tertiary alicyclic amines) is 1. The van der Waals surface area contributed by atoms with Crippen molar-refractivity contribution < 1.29 is 23.9 Å². The summed E-state index contributed by atoms with van der Waals surface area (Å²) in [7, 11) is 0. The number of hydrogen-bond donors (Lipinski definition) is 1. The lowest BCUT2D eigenvalue weighted by Crippen LogP contribution is -2.45. The minimum atomic E-state index is -1.05. The fourth-order valence-corrected chi connectivity index (χ4v) is 4.73. The molecular weight excluding hydrogens is 420 g/mol. The van der Waals surface area contributed by atoms with Crippen LogP contribution in [0.1, 0.15) is 43.7 Å². The number of ether oxygens (including phenoxy) is 1. The molecule has 3 atom stereocenters. The molecule has 2 aromatic rings. The Balaban J connectivity index is 1.33. The van der Waals surface area contributed by atoms with Gasteiger partial charge in [0.2, 0.25) is 11.8 Å². The number of hydrogen-bond acceptors (Lipinski definition) is 5. The van der Waals surface area contributed by atoms with E-state index in [2.05, 4.69) is 5.32 Å². The van der Waals surface area contributed by atoms with Crippen LogP contribution in [0.4, 0.5) is 5.69 Å². The largest absolute Gasteiger partial charge is 0.454 e. The number of benzene rings is 2. The molecule has 172 valence electrons. The average molecular weight is 449 g/mol. The predicted molar refractivity (Wildman–Crippen MR) is 122 cm³/mol. The van der Waals surface area contributed by atoms with Crippen molar-refractivity contribution in [2.75, 3.05) is 11.9 Å². The number of esters is 1. The molecule has 0 spiro atoms. The van der Waals surface area contributed by atoms with E-state index in [1.54, 1.807) is 6.07 Å². The third-order valence-corrected chi connectivity index (χ3v) is 6.48. The zero-order chi connectivity index (χ0) is 23.4. The average Bonchev–Trinajstić information content (AvgIpc) is 3.09. The van der Waals surface area contributed by atoms with Gasteiger partial charge in [-0.2, -0.15) is 0 Å². The van der Waals surface area contributed by atoms with Gasteiger partial charge in [0.05, 0.1) is 11.8 Å². The summed E-state index contributed by atoms with van der Waals surface area (Å²) in [6.07, 6.45) is 3.84. The Morgan fingerprint density at radius 2 is 1.58 bits per heavy atom. The van der Waals surface area contributed by atoms with Crippen LogP contribution in [0.25, 0.3) is 0 Å². The SMILES string of the molecule is CC(C(=O)OCC(=O)Nc1ccccc1Cc1ccccc1)N1C(=O)C2CCCCC2C1=O. The van der Waals surface area contributed by atoms with Crippen LogP contribution < -0.4 is 5.32 Å². The van der Waals surface area contributed by atoms with Gasteiger partial charge < -0.3 is 10.1 Å². The first kappa shape index (κ1) is 22.7. The van der Waals surface area contributed by atoms with Gasteiger partial charge in [-0.3, -0.25) is 19.3 Å². The van der Waals surface area contributed by atoms with Crippen molar-refractivity contribution in [2.24, 2.45) is 11.8 Å².